The first kappa shape index (κ1) is 20.3. The van der Waals surface area contributed by atoms with Crippen LogP contribution in [0.25, 0.3) is 16.9 Å². The van der Waals surface area contributed by atoms with Gasteiger partial charge in [-0.2, -0.15) is 5.10 Å². The summed E-state index contributed by atoms with van der Waals surface area (Å²) in [5, 5.41) is 4.97. The number of aryl methyl sites for hydroxylation is 1. The van der Waals surface area contributed by atoms with Crippen molar-refractivity contribution in [2.75, 3.05) is 28.4 Å². The molecule has 4 aromatic rings. The van der Waals surface area contributed by atoms with Crippen LogP contribution in [0, 0.1) is 6.92 Å². The number of ether oxygens (including phenoxy) is 4. The van der Waals surface area contributed by atoms with Gasteiger partial charge in [0.25, 0.3) is 0 Å². The topological polar surface area (TPSA) is 85.0 Å². The zero-order valence-corrected chi connectivity index (χ0v) is 17.9. The highest BCUT2D eigenvalue weighted by molar-refractivity contribution is 6.18. The Balaban J connectivity index is 1.95. The molecule has 0 aliphatic heterocycles. The lowest BCUT2D eigenvalue weighted by Crippen LogP contribution is -2.07. The average molecular weight is 422 g/mol. The smallest absolute Gasteiger partial charge is 0.232 e. The Hall–Kier alpha value is -3.94. The van der Waals surface area contributed by atoms with E-state index in [1.54, 1.807) is 54.5 Å². The molecule has 4 rings (SSSR count). The van der Waals surface area contributed by atoms with Crippen molar-refractivity contribution in [1.29, 1.82) is 0 Å². The van der Waals surface area contributed by atoms with Gasteiger partial charge in [-0.1, -0.05) is 0 Å². The van der Waals surface area contributed by atoms with Crippen molar-refractivity contribution in [1.82, 2.24) is 9.78 Å². The van der Waals surface area contributed by atoms with Gasteiger partial charge in [0.2, 0.25) is 11.6 Å². The summed E-state index contributed by atoms with van der Waals surface area (Å²) in [6.45, 7) is 1.91. The summed E-state index contributed by atoms with van der Waals surface area (Å²) in [4.78, 5) is 13.7. The fraction of sp³-hybridized carbons (Fsp3) is 0.217. The maximum Gasteiger partial charge on any atom is 0.232 e. The molecule has 2 aromatic carbocycles. The molecule has 0 aliphatic carbocycles. The molecule has 0 saturated carbocycles. The molecule has 0 radical (unpaired) electrons. The number of carbonyl (C=O) groups is 1. The van der Waals surface area contributed by atoms with E-state index >= 15 is 0 Å². The summed E-state index contributed by atoms with van der Waals surface area (Å²) in [5.41, 5.74) is 2.18. The Morgan fingerprint density at radius 2 is 1.68 bits per heavy atom. The number of fused-ring (bicyclic) bond motifs is 1. The standard InChI is InChI=1S/C23H22N2O6/c1-13-11-24-25(12-13)23-20(16-7-6-15(27-2)10-17(16)31-23)21(26)14-8-18(28-3)22(30-5)19(9-14)29-4/h6-12H,1-5H3. The third-order valence-corrected chi connectivity index (χ3v) is 4.95. The Bertz CT molecular complexity index is 1250. The molecule has 0 bridgehead atoms. The van der Waals surface area contributed by atoms with Gasteiger partial charge in [0, 0.05) is 23.2 Å². The van der Waals surface area contributed by atoms with Crippen LogP contribution >= 0.6 is 0 Å². The number of aromatic nitrogens is 2. The fourth-order valence-corrected chi connectivity index (χ4v) is 3.45. The summed E-state index contributed by atoms with van der Waals surface area (Å²) < 4.78 is 29.1. The van der Waals surface area contributed by atoms with Crippen molar-refractivity contribution in [3.8, 4) is 28.9 Å². The zero-order chi connectivity index (χ0) is 22.1. The highest BCUT2D eigenvalue weighted by atomic mass is 16.5. The van der Waals surface area contributed by atoms with Gasteiger partial charge in [0.15, 0.2) is 17.3 Å². The Morgan fingerprint density at radius 3 is 2.23 bits per heavy atom. The van der Waals surface area contributed by atoms with Crippen molar-refractivity contribution in [3.05, 3.63) is 59.4 Å². The van der Waals surface area contributed by atoms with Crippen LogP contribution in [0.1, 0.15) is 21.5 Å². The molecule has 0 fully saturated rings. The van der Waals surface area contributed by atoms with Crippen LogP contribution in [-0.2, 0) is 0 Å². The lowest BCUT2D eigenvalue weighted by Gasteiger charge is -2.13. The number of ketones is 1. The van der Waals surface area contributed by atoms with Crippen LogP contribution in [0.4, 0.5) is 0 Å². The van der Waals surface area contributed by atoms with E-state index in [9.17, 15) is 4.79 Å². The molecule has 8 nitrogen and oxygen atoms in total. The van der Waals surface area contributed by atoms with E-state index in [4.69, 9.17) is 23.4 Å². The first-order valence-corrected chi connectivity index (χ1v) is 9.47. The van der Waals surface area contributed by atoms with Crippen LogP contribution in [0.2, 0.25) is 0 Å². The number of methoxy groups -OCH3 is 4. The molecule has 0 spiro atoms. The van der Waals surface area contributed by atoms with Gasteiger partial charge < -0.3 is 23.4 Å². The maximum absolute atomic E-state index is 13.7. The minimum Gasteiger partial charge on any atom is -0.497 e. The molecule has 2 aromatic heterocycles. The van der Waals surface area contributed by atoms with Crippen LogP contribution in [0.3, 0.4) is 0 Å². The molecule has 31 heavy (non-hydrogen) atoms. The highest BCUT2D eigenvalue weighted by Gasteiger charge is 2.26. The molecule has 0 unspecified atom stereocenters. The Morgan fingerprint density at radius 1 is 0.968 bits per heavy atom. The number of hydrogen-bond donors (Lipinski definition) is 0. The van der Waals surface area contributed by atoms with Gasteiger partial charge >= 0.3 is 0 Å². The molecule has 0 saturated heterocycles. The summed E-state index contributed by atoms with van der Waals surface area (Å²) in [5.74, 6) is 1.84. The lowest BCUT2D eigenvalue weighted by atomic mass is 10.0. The monoisotopic (exact) mass is 422 g/mol. The number of rotatable bonds is 7. The second-order valence-corrected chi connectivity index (χ2v) is 6.85. The molecule has 8 heteroatoms. The van der Waals surface area contributed by atoms with E-state index in [1.807, 2.05) is 6.92 Å². The maximum atomic E-state index is 13.7. The third-order valence-electron chi connectivity index (χ3n) is 4.95. The molecular formula is C23H22N2O6. The van der Waals surface area contributed by atoms with E-state index in [-0.39, 0.29) is 5.78 Å². The van der Waals surface area contributed by atoms with E-state index in [2.05, 4.69) is 5.10 Å². The summed E-state index contributed by atoms with van der Waals surface area (Å²) in [6.07, 6.45) is 3.49. The predicted molar refractivity (Wildman–Crippen MR) is 114 cm³/mol. The molecular weight excluding hydrogens is 400 g/mol. The fourth-order valence-electron chi connectivity index (χ4n) is 3.45. The number of furan rings is 1. The van der Waals surface area contributed by atoms with Crippen molar-refractivity contribution in [2.45, 2.75) is 6.92 Å². The van der Waals surface area contributed by atoms with E-state index < -0.39 is 0 Å². The van der Waals surface area contributed by atoms with Gasteiger partial charge in [-0.15, -0.1) is 0 Å². The number of nitrogens with zero attached hydrogens (tertiary/aromatic N) is 2. The van der Waals surface area contributed by atoms with Crippen molar-refractivity contribution >= 4 is 16.8 Å². The molecule has 0 N–H and O–H groups in total. The van der Waals surface area contributed by atoms with Crippen LogP contribution in [-0.4, -0.2) is 44.0 Å². The predicted octanol–water partition coefficient (Wildman–Crippen LogP) is 4.19. The van der Waals surface area contributed by atoms with Gasteiger partial charge in [0.1, 0.15) is 11.3 Å². The Labute approximate surface area is 178 Å². The number of benzene rings is 2. The third kappa shape index (κ3) is 3.46. The van der Waals surface area contributed by atoms with E-state index in [1.165, 1.54) is 21.3 Å². The van der Waals surface area contributed by atoms with Crippen molar-refractivity contribution < 1.29 is 28.2 Å². The minimum atomic E-state index is -0.272. The van der Waals surface area contributed by atoms with Crippen molar-refractivity contribution in [3.63, 3.8) is 0 Å². The van der Waals surface area contributed by atoms with Crippen molar-refractivity contribution in [2.24, 2.45) is 0 Å². The molecule has 0 atom stereocenters. The zero-order valence-electron chi connectivity index (χ0n) is 17.9. The lowest BCUT2D eigenvalue weighted by molar-refractivity contribution is 0.103. The van der Waals surface area contributed by atoms with E-state index in [0.717, 1.165) is 5.56 Å². The molecule has 0 aliphatic rings. The van der Waals surface area contributed by atoms with Gasteiger partial charge in [0.05, 0.1) is 40.2 Å². The molecule has 0 amide bonds. The molecule has 160 valence electrons. The van der Waals surface area contributed by atoms with Crippen LogP contribution in [0.5, 0.6) is 23.0 Å². The summed E-state index contributed by atoms with van der Waals surface area (Å²) in [6, 6.07) is 8.54. The largest absolute Gasteiger partial charge is 0.497 e. The van der Waals surface area contributed by atoms with Gasteiger partial charge in [-0.05, 0) is 36.8 Å². The first-order valence-electron chi connectivity index (χ1n) is 9.47. The minimum absolute atomic E-state index is 0.272. The number of carbonyl (C=O) groups excluding carboxylic acids is 1. The number of hydrogen-bond acceptors (Lipinski definition) is 7. The average Bonchev–Trinajstić information content (AvgIpc) is 3.40. The van der Waals surface area contributed by atoms with Crippen LogP contribution in [0.15, 0.2) is 47.1 Å². The van der Waals surface area contributed by atoms with Gasteiger partial charge in [-0.3, -0.25) is 4.79 Å². The molecule has 2 heterocycles. The quantitative estimate of drug-likeness (QED) is 0.413. The first-order chi connectivity index (χ1) is 15.0. The summed E-state index contributed by atoms with van der Waals surface area (Å²) >= 11 is 0. The van der Waals surface area contributed by atoms with Crippen LogP contribution < -0.4 is 18.9 Å². The SMILES string of the molecule is COc1ccc2c(C(=O)c3cc(OC)c(OC)c(OC)c3)c(-n3cc(C)cn3)oc2c1. The Kier molecular flexibility index (Phi) is 5.29. The van der Waals surface area contributed by atoms with E-state index in [0.29, 0.717) is 51.0 Å². The highest BCUT2D eigenvalue weighted by Crippen LogP contribution is 2.40. The summed E-state index contributed by atoms with van der Waals surface area (Å²) in [7, 11) is 6.09. The second kappa shape index (κ2) is 8.06. The second-order valence-electron chi connectivity index (χ2n) is 6.85. The van der Waals surface area contributed by atoms with Gasteiger partial charge in [-0.25, -0.2) is 4.68 Å². The normalized spacial score (nSPS) is 10.9.